The Labute approximate surface area is 85.6 Å². The summed E-state index contributed by atoms with van der Waals surface area (Å²) in [5.74, 6) is 0.567. The number of hydrogen-bond acceptors (Lipinski definition) is 2. The molecule has 1 amide bonds. The number of carbonyl (C=O) groups is 1. The van der Waals surface area contributed by atoms with Gasteiger partial charge in [0, 0.05) is 11.4 Å². The first-order valence-corrected chi connectivity index (χ1v) is 5.18. The average molecular weight is 246 g/mol. The van der Waals surface area contributed by atoms with Crippen LogP contribution in [0, 0.1) is 6.92 Å². The lowest BCUT2D eigenvalue weighted by Gasteiger charge is -2.09. The van der Waals surface area contributed by atoms with E-state index >= 15 is 0 Å². The van der Waals surface area contributed by atoms with E-state index < -0.39 is 0 Å². The van der Waals surface area contributed by atoms with Crippen LogP contribution in [0.5, 0.6) is 0 Å². The van der Waals surface area contributed by atoms with Gasteiger partial charge in [-0.3, -0.25) is 4.79 Å². The number of amides is 1. The summed E-state index contributed by atoms with van der Waals surface area (Å²) in [5, 5.41) is 3.57. The molecule has 1 atom stereocenters. The van der Waals surface area contributed by atoms with E-state index in [-0.39, 0.29) is 11.9 Å². The zero-order chi connectivity index (χ0) is 9.84. The van der Waals surface area contributed by atoms with Crippen LogP contribution in [-0.4, -0.2) is 17.3 Å². The van der Waals surface area contributed by atoms with Crippen molar-refractivity contribution in [2.24, 2.45) is 0 Å². The van der Waals surface area contributed by atoms with E-state index in [4.69, 9.17) is 4.42 Å². The van der Waals surface area contributed by atoms with E-state index in [0.29, 0.717) is 11.3 Å². The van der Waals surface area contributed by atoms with E-state index in [2.05, 4.69) is 21.2 Å². The van der Waals surface area contributed by atoms with Crippen molar-refractivity contribution < 1.29 is 9.21 Å². The predicted molar refractivity (Wildman–Crippen MR) is 54.2 cm³/mol. The van der Waals surface area contributed by atoms with Gasteiger partial charge in [0.25, 0.3) is 5.91 Å². The second-order valence-electron chi connectivity index (χ2n) is 2.92. The van der Waals surface area contributed by atoms with Crippen molar-refractivity contribution in [3.63, 3.8) is 0 Å². The van der Waals surface area contributed by atoms with Crippen molar-refractivity contribution in [2.45, 2.75) is 19.9 Å². The number of nitrogens with one attached hydrogen (secondary N) is 1. The molecule has 0 bridgehead atoms. The van der Waals surface area contributed by atoms with Gasteiger partial charge in [-0.25, -0.2) is 0 Å². The molecule has 0 aliphatic carbocycles. The molecule has 0 aromatic carbocycles. The molecule has 0 aliphatic rings. The van der Waals surface area contributed by atoms with Gasteiger partial charge in [-0.1, -0.05) is 15.9 Å². The van der Waals surface area contributed by atoms with E-state index in [1.807, 2.05) is 6.92 Å². The summed E-state index contributed by atoms with van der Waals surface area (Å²) in [6, 6.07) is 1.80. The lowest BCUT2D eigenvalue weighted by atomic mass is 10.2. The first-order chi connectivity index (χ1) is 6.15. The zero-order valence-corrected chi connectivity index (χ0v) is 9.22. The molecule has 72 valence electrons. The van der Waals surface area contributed by atoms with Crippen LogP contribution in [-0.2, 0) is 0 Å². The molecule has 0 radical (unpaired) electrons. The molecule has 1 aromatic heterocycles. The van der Waals surface area contributed by atoms with Crippen molar-refractivity contribution in [3.8, 4) is 0 Å². The highest BCUT2D eigenvalue weighted by molar-refractivity contribution is 9.09. The standard InChI is InChI=1S/C9H12BrNO2/c1-6(5-10)11-9(12)8-3-4-13-7(8)2/h3-4,6H,5H2,1-2H3,(H,11,12). The smallest absolute Gasteiger partial charge is 0.255 e. The minimum Gasteiger partial charge on any atom is -0.469 e. The molecular formula is C9H12BrNO2. The second kappa shape index (κ2) is 4.46. The molecule has 0 fully saturated rings. The molecule has 1 heterocycles. The lowest BCUT2D eigenvalue weighted by Crippen LogP contribution is -2.33. The Morgan fingerprint density at radius 2 is 2.46 bits per heavy atom. The molecule has 1 aromatic rings. The maximum atomic E-state index is 11.5. The summed E-state index contributed by atoms with van der Waals surface area (Å²) < 4.78 is 5.03. The van der Waals surface area contributed by atoms with Gasteiger partial charge in [0.15, 0.2) is 0 Å². The monoisotopic (exact) mass is 245 g/mol. The normalized spacial score (nSPS) is 12.5. The van der Waals surface area contributed by atoms with Crippen LogP contribution in [0.4, 0.5) is 0 Å². The van der Waals surface area contributed by atoms with E-state index in [9.17, 15) is 4.79 Å². The quantitative estimate of drug-likeness (QED) is 0.830. The number of aryl methyl sites for hydroxylation is 1. The van der Waals surface area contributed by atoms with Crippen LogP contribution >= 0.6 is 15.9 Å². The third kappa shape index (κ3) is 2.59. The largest absolute Gasteiger partial charge is 0.469 e. The van der Waals surface area contributed by atoms with Crippen molar-refractivity contribution in [1.29, 1.82) is 0 Å². The van der Waals surface area contributed by atoms with Gasteiger partial charge in [-0.05, 0) is 19.9 Å². The number of halogens is 1. The zero-order valence-electron chi connectivity index (χ0n) is 7.63. The second-order valence-corrected chi connectivity index (χ2v) is 3.57. The van der Waals surface area contributed by atoms with Crippen LogP contribution < -0.4 is 5.32 Å². The Morgan fingerprint density at radius 1 is 1.77 bits per heavy atom. The van der Waals surface area contributed by atoms with Gasteiger partial charge >= 0.3 is 0 Å². The van der Waals surface area contributed by atoms with Crippen molar-refractivity contribution in [1.82, 2.24) is 5.32 Å². The van der Waals surface area contributed by atoms with Crippen molar-refractivity contribution in [2.75, 3.05) is 5.33 Å². The molecular weight excluding hydrogens is 234 g/mol. The third-order valence-electron chi connectivity index (χ3n) is 1.71. The number of hydrogen-bond donors (Lipinski definition) is 1. The molecule has 0 saturated heterocycles. The van der Waals surface area contributed by atoms with Gasteiger partial charge in [-0.15, -0.1) is 0 Å². The van der Waals surface area contributed by atoms with Crippen LogP contribution in [0.1, 0.15) is 23.0 Å². The fraction of sp³-hybridized carbons (Fsp3) is 0.444. The molecule has 13 heavy (non-hydrogen) atoms. The molecule has 0 spiro atoms. The van der Waals surface area contributed by atoms with Gasteiger partial charge in [0.2, 0.25) is 0 Å². The molecule has 0 aliphatic heterocycles. The first kappa shape index (κ1) is 10.3. The average Bonchev–Trinajstić information content (AvgIpc) is 2.51. The van der Waals surface area contributed by atoms with Crippen LogP contribution in [0.25, 0.3) is 0 Å². The summed E-state index contributed by atoms with van der Waals surface area (Å²) in [7, 11) is 0. The molecule has 1 unspecified atom stereocenters. The van der Waals surface area contributed by atoms with Gasteiger partial charge in [0.05, 0.1) is 11.8 Å². The minimum absolute atomic E-state index is 0.0850. The Bertz CT molecular complexity index is 296. The minimum atomic E-state index is -0.0850. The Hall–Kier alpha value is -0.770. The summed E-state index contributed by atoms with van der Waals surface area (Å²) in [4.78, 5) is 11.5. The van der Waals surface area contributed by atoms with Crippen LogP contribution in [0.2, 0.25) is 0 Å². The molecule has 4 heteroatoms. The van der Waals surface area contributed by atoms with E-state index in [1.165, 1.54) is 6.26 Å². The first-order valence-electron chi connectivity index (χ1n) is 4.06. The van der Waals surface area contributed by atoms with Crippen molar-refractivity contribution >= 4 is 21.8 Å². The molecule has 0 saturated carbocycles. The fourth-order valence-electron chi connectivity index (χ4n) is 0.961. The third-order valence-corrected chi connectivity index (χ3v) is 2.68. The highest BCUT2D eigenvalue weighted by Crippen LogP contribution is 2.08. The van der Waals surface area contributed by atoms with Crippen LogP contribution in [0.3, 0.4) is 0 Å². The maximum Gasteiger partial charge on any atom is 0.255 e. The highest BCUT2D eigenvalue weighted by Gasteiger charge is 2.12. The van der Waals surface area contributed by atoms with E-state index in [1.54, 1.807) is 13.0 Å². The van der Waals surface area contributed by atoms with Gasteiger partial charge < -0.3 is 9.73 Å². The summed E-state index contributed by atoms with van der Waals surface area (Å²) >= 11 is 3.29. The number of rotatable bonds is 3. The SMILES string of the molecule is Cc1occc1C(=O)NC(C)CBr. The molecule has 3 nitrogen and oxygen atoms in total. The summed E-state index contributed by atoms with van der Waals surface area (Å²) in [6.07, 6.45) is 1.52. The van der Waals surface area contributed by atoms with Crippen molar-refractivity contribution in [3.05, 3.63) is 23.7 Å². The maximum absolute atomic E-state index is 11.5. The van der Waals surface area contributed by atoms with Gasteiger partial charge in [-0.2, -0.15) is 0 Å². The number of alkyl halides is 1. The van der Waals surface area contributed by atoms with Crippen LogP contribution in [0.15, 0.2) is 16.7 Å². The Balaban J connectivity index is 2.64. The molecule has 1 N–H and O–H groups in total. The number of furan rings is 1. The fourth-order valence-corrected chi connectivity index (χ4v) is 1.12. The lowest BCUT2D eigenvalue weighted by molar-refractivity contribution is 0.0942. The van der Waals surface area contributed by atoms with Gasteiger partial charge in [0.1, 0.15) is 5.76 Å². The predicted octanol–water partition coefficient (Wildman–Crippen LogP) is 2.10. The summed E-state index contributed by atoms with van der Waals surface area (Å²) in [5.41, 5.74) is 0.604. The highest BCUT2D eigenvalue weighted by atomic mass is 79.9. The molecule has 1 rings (SSSR count). The Morgan fingerprint density at radius 3 is 2.92 bits per heavy atom. The number of carbonyl (C=O) groups excluding carboxylic acids is 1. The van der Waals surface area contributed by atoms with E-state index in [0.717, 1.165) is 5.33 Å². The topological polar surface area (TPSA) is 42.2 Å². The summed E-state index contributed by atoms with van der Waals surface area (Å²) in [6.45, 7) is 3.70. The Kier molecular flexibility index (Phi) is 3.54.